The number of fused-ring (bicyclic) bond motifs is 3. The van der Waals surface area contributed by atoms with Crippen LogP contribution in [-0.2, 0) is 25.7 Å². The zero-order chi connectivity index (χ0) is 25.3. The number of carbonyl (C=O) groups is 3. The third-order valence-corrected chi connectivity index (χ3v) is 6.04. The topological polar surface area (TPSA) is 120 Å². The molecule has 0 saturated carbocycles. The van der Waals surface area contributed by atoms with Gasteiger partial charge in [0, 0.05) is 19.0 Å². The normalized spacial score (nSPS) is 12.8. The van der Waals surface area contributed by atoms with E-state index in [4.69, 9.17) is 15.2 Å². The Morgan fingerprint density at radius 2 is 1.39 bits per heavy atom. The molecule has 1 aliphatic rings. The number of amides is 3. The van der Waals surface area contributed by atoms with Crippen LogP contribution in [0.15, 0.2) is 78.9 Å². The van der Waals surface area contributed by atoms with Gasteiger partial charge in [-0.1, -0.05) is 78.9 Å². The molecule has 0 aromatic heterocycles. The van der Waals surface area contributed by atoms with Crippen molar-refractivity contribution in [1.82, 2.24) is 10.6 Å². The van der Waals surface area contributed by atoms with Crippen molar-refractivity contribution < 1.29 is 23.9 Å². The van der Waals surface area contributed by atoms with Crippen LogP contribution >= 0.6 is 0 Å². The van der Waals surface area contributed by atoms with Gasteiger partial charge in [-0.2, -0.15) is 0 Å². The van der Waals surface area contributed by atoms with Gasteiger partial charge in [0.15, 0.2) is 0 Å². The monoisotopic (exact) mass is 487 g/mol. The van der Waals surface area contributed by atoms with Crippen molar-refractivity contribution in [1.29, 1.82) is 0 Å². The number of benzene rings is 3. The number of nitrogens with two attached hydrogens (primary N) is 1. The smallest absolute Gasteiger partial charge is 0.407 e. The lowest BCUT2D eigenvalue weighted by atomic mass is 9.98. The van der Waals surface area contributed by atoms with E-state index in [0.717, 1.165) is 27.8 Å². The summed E-state index contributed by atoms with van der Waals surface area (Å²) in [6.07, 6.45) is -1.81. The summed E-state index contributed by atoms with van der Waals surface area (Å²) in [6, 6.07) is 25.5. The summed E-state index contributed by atoms with van der Waals surface area (Å²) in [5.41, 5.74) is 10.8. The maximum absolute atomic E-state index is 12.2. The van der Waals surface area contributed by atoms with Crippen LogP contribution in [-0.4, -0.2) is 43.7 Å². The Hall–Kier alpha value is -4.17. The average Bonchev–Trinajstić information content (AvgIpc) is 3.22. The molecule has 1 aliphatic carbocycles. The Labute approximate surface area is 209 Å². The van der Waals surface area contributed by atoms with E-state index in [1.54, 1.807) is 0 Å². The van der Waals surface area contributed by atoms with Crippen LogP contribution in [0.4, 0.5) is 4.79 Å². The lowest BCUT2D eigenvalue weighted by molar-refractivity contribution is -0.136. The number of ether oxygens (including phenoxy) is 2. The first-order valence-corrected chi connectivity index (χ1v) is 11.8. The van der Waals surface area contributed by atoms with Gasteiger partial charge in [-0.25, -0.2) is 4.79 Å². The van der Waals surface area contributed by atoms with E-state index < -0.39 is 24.0 Å². The average molecular weight is 488 g/mol. The summed E-state index contributed by atoms with van der Waals surface area (Å²) in [6.45, 7) is 0.734. The molecule has 1 atom stereocenters. The quantitative estimate of drug-likeness (QED) is 0.359. The van der Waals surface area contributed by atoms with Gasteiger partial charge in [-0.05, 0) is 27.8 Å². The molecule has 3 aromatic rings. The fourth-order valence-electron chi connectivity index (χ4n) is 4.27. The van der Waals surface area contributed by atoms with Crippen LogP contribution in [0.1, 0.15) is 29.0 Å². The van der Waals surface area contributed by atoms with E-state index in [2.05, 4.69) is 34.9 Å². The Kier molecular flexibility index (Phi) is 8.31. The largest absolute Gasteiger partial charge is 0.449 e. The number of hydrogen-bond donors (Lipinski definition) is 3. The predicted molar refractivity (Wildman–Crippen MR) is 135 cm³/mol. The minimum absolute atomic E-state index is 0.0236. The SMILES string of the molecule is NC(=O)[C@H](CC(=O)NCCNC(=O)OCC1c2ccccc2-c2ccccc21)OCc1ccccc1. The van der Waals surface area contributed by atoms with Crippen molar-refractivity contribution in [3.05, 3.63) is 95.6 Å². The molecule has 4 N–H and O–H groups in total. The van der Waals surface area contributed by atoms with E-state index in [1.165, 1.54) is 0 Å². The van der Waals surface area contributed by atoms with Crippen LogP contribution in [0.5, 0.6) is 0 Å². The highest BCUT2D eigenvalue weighted by molar-refractivity contribution is 5.86. The molecule has 8 heteroatoms. The second kappa shape index (κ2) is 12.0. The van der Waals surface area contributed by atoms with Crippen molar-refractivity contribution in [2.24, 2.45) is 5.73 Å². The van der Waals surface area contributed by atoms with Gasteiger partial charge in [0.1, 0.15) is 12.7 Å². The summed E-state index contributed by atoms with van der Waals surface area (Å²) in [7, 11) is 0. The van der Waals surface area contributed by atoms with E-state index in [9.17, 15) is 14.4 Å². The number of hydrogen-bond acceptors (Lipinski definition) is 5. The lowest BCUT2D eigenvalue weighted by Gasteiger charge is -2.15. The molecule has 0 aliphatic heterocycles. The van der Waals surface area contributed by atoms with Gasteiger partial charge in [-0.15, -0.1) is 0 Å². The molecule has 3 aromatic carbocycles. The van der Waals surface area contributed by atoms with Crippen LogP contribution < -0.4 is 16.4 Å². The minimum atomic E-state index is -1.04. The molecule has 0 fully saturated rings. The van der Waals surface area contributed by atoms with Crippen LogP contribution in [0.25, 0.3) is 11.1 Å². The van der Waals surface area contributed by atoms with Crippen LogP contribution in [0, 0.1) is 0 Å². The Morgan fingerprint density at radius 1 is 0.806 bits per heavy atom. The second-order valence-electron chi connectivity index (χ2n) is 8.49. The third-order valence-electron chi connectivity index (χ3n) is 6.04. The summed E-state index contributed by atoms with van der Waals surface area (Å²) >= 11 is 0. The van der Waals surface area contributed by atoms with E-state index in [1.807, 2.05) is 54.6 Å². The van der Waals surface area contributed by atoms with Gasteiger partial charge in [0.25, 0.3) is 0 Å². The van der Waals surface area contributed by atoms with Gasteiger partial charge < -0.3 is 25.8 Å². The van der Waals surface area contributed by atoms with E-state index >= 15 is 0 Å². The summed E-state index contributed by atoms with van der Waals surface area (Å²) in [5.74, 6) is -1.14. The Bertz CT molecular complexity index is 1170. The summed E-state index contributed by atoms with van der Waals surface area (Å²) in [5, 5.41) is 5.28. The molecule has 3 amide bonds. The number of rotatable bonds is 11. The highest BCUT2D eigenvalue weighted by atomic mass is 16.5. The Morgan fingerprint density at radius 3 is 2.03 bits per heavy atom. The van der Waals surface area contributed by atoms with E-state index in [-0.39, 0.29) is 38.6 Å². The zero-order valence-corrected chi connectivity index (χ0v) is 19.8. The molecular weight excluding hydrogens is 458 g/mol. The summed E-state index contributed by atoms with van der Waals surface area (Å²) < 4.78 is 11.0. The molecule has 36 heavy (non-hydrogen) atoms. The van der Waals surface area contributed by atoms with Crippen LogP contribution in [0.3, 0.4) is 0 Å². The van der Waals surface area contributed by atoms with Crippen molar-refractivity contribution in [3.8, 4) is 11.1 Å². The van der Waals surface area contributed by atoms with Crippen molar-refractivity contribution in [3.63, 3.8) is 0 Å². The lowest BCUT2D eigenvalue weighted by Crippen LogP contribution is -2.39. The molecule has 0 heterocycles. The van der Waals surface area contributed by atoms with Gasteiger partial charge in [0.2, 0.25) is 11.8 Å². The van der Waals surface area contributed by atoms with Gasteiger partial charge in [-0.3, -0.25) is 9.59 Å². The molecule has 186 valence electrons. The number of nitrogens with one attached hydrogen (secondary N) is 2. The van der Waals surface area contributed by atoms with Gasteiger partial charge >= 0.3 is 6.09 Å². The standard InChI is InChI=1S/C28H29N3O5/c29-27(33)25(35-17-19-8-2-1-3-9-19)16-26(32)30-14-15-31-28(34)36-18-24-22-12-6-4-10-20(22)21-11-5-7-13-23(21)24/h1-13,24-25H,14-18H2,(H2,29,33)(H,30,32)(H,31,34)/t25-/m0/s1. The van der Waals surface area contributed by atoms with E-state index in [0.29, 0.717) is 0 Å². The first-order chi connectivity index (χ1) is 17.5. The predicted octanol–water partition coefficient (Wildman–Crippen LogP) is 3.10. The van der Waals surface area contributed by atoms with Crippen molar-refractivity contribution in [2.75, 3.05) is 19.7 Å². The highest BCUT2D eigenvalue weighted by Gasteiger charge is 2.29. The third kappa shape index (κ3) is 6.28. The minimum Gasteiger partial charge on any atom is -0.449 e. The Balaban J connectivity index is 1.17. The molecule has 4 rings (SSSR count). The highest BCUT2D eigenvalue weighted by Crippen LogP contribution is 2.44. The summed E-state index contributed by atoms with van der Waals surface area (Å²) in [4.78, 5) is 36.1. The van der Waals surface area contributed by atoms with Gasteiger partial charge in [0.05, 0.1) is 13.0 Å². The number of primary amides is 1. The molecule has 0 radical (unpaired) electrons. The molecule has 8 nitrogen and oxygen atoms in total. The molecule has 0 spiro atoms. The van der Waals surface area contributed by atoms with Crippen molar-refractivity contribution >= 4 is 17.9 Å². The fourth-order valence-corrected chi connectivity index (χ4v) is 4.27. The zero-order valence-electron chi connectivity index (χ0n) is 19.8. The van der Waals surface area contributed by atoms with Crippen molar-refractivity contribution in [2.45, 2.75) is 25.0 Å². The maximum atomic E-state index is 12.2. The van der Waals surface area contributed by atoms with Crippen LogP contribution in [0.2, 0.25) is 0 Å². The first-order valence-electron chi connectivity index (χ1n) is 11.8. The maximum Gasteiger partial charge on any atom is 0.407 e. The second-order valence-corrected chi connectivity index (χ2v) is 8.49. The first kappa shape index (κ1) is 24.9. The number of alkyl carbamates (subject to hydrolysis) is 1. The molecule has 0 bridgehead atoms. The molecule has 0 unspecified atom stereocenters. The molecule has 0 saturated heterocycles. The fraction of sp³-hybridized carbons (Fsp3) is 0.250. The number of carbonyl (C=O) groups excluding carboxylic acids is 3. The molecular formula is C28H29N3O5.